The first-order valence-corrected chi connectivity index (χ1v) is 8.37. The molecule has 0 bridgehead atoms. The van der Waals surface area contributed by atoms with Gasteiger partial charge in [-0.3, -0.25) is 30.3 Å². The van der Waals surface area contributed by atoms with Crippen molar-refractivity contribution in [3.05, 3.63) is 66.0 Å². The maximum Gasteiger partial charge on any atom is 0.287 e. The summed E-state index contributed by atoms with van der Waals surface area (Å²) < 4.78 is 19.8. The van der Waals surface area contributed by atoms with Gasteiger partial charge in [0.2, 0.25) is 5.92 Å². The number of nitrogens with zero attached hydrogens (tertiary/aromatic N) is 4. The second-order valence-electron chi connectivity index (χ2n) is 5.79. The Hall–Kier alpha value is -3.14. The highest BCUT2D eigenvalue weighted by Crippen LogP contribution is 2.33. The van der Waals surface area contributed by atoms with Crippen molar-refractivity contribution in [2.75, 3.05) is 41.5 Å². The van der Waals surface area contributed by atoms with E-state index in [1.54, 1.807) is 0 Å². The van der Waals surface area contributed by atoms with Gasteiger partial charge in [-0.05, 0) is 0 Å². The van der Waals surface area contributed by atoms with Gasteiger partial charge in [0.1, 0.15) is 0 Å². The summed E-state index contributed by atoms with van der Waals surface area (Å²) in [4.78, 5) is 33.1. The van der Waals surface area contributed by atoms with Crippen LogP contribution in [0.2, 0.25) is 0 Å². The van der Waals surface area contributed by atoms with E-state index in [1.165, 1.54) is 28.4 Å². The molecule has 0 saturated heterocycles. The first-order valence-electron chi connectivity index (χ1n) is 8.37. The molecular formula is C15H23N5O10. The molecule has 0 radical (unpaired) electrons. The molecule has 168 valence electrons. The van der Waals surface area contributed by atoms with Crippen LogP contribution in [0.15, 0.2) is 35.7 Å². The molecular weight excluding hydrogens is 410 g/mol. The molecule has 0 atom stereocenters. The topological polar surface area (TPSA) is 182 Å². The van der Waals surface area contributed by atoms with Gasteiger partial charge in [-0.1, -0.05) is 0 Å². The Bertz CT molecular complexity index is 675. The molecule has 30 heavy (non-hydrogen) atoms. The van der Waals surface area contributed by atoms with Gasteiger partial charge in [-0.2, -0.15) is 0 Å². The van der Waals surface area contributed by atoms with Gasteiger partial charge >= 0.3 is 0 Å². The largest absolute Gasteiger partial charge is 0.381 e. The molecule has 0 spiro atoms. The molecule has 0 amide bonds. The van der Waals surface area contributed by atoms with E-state index >= 15 is 0 Å². The standard InChI is InChI=1S/C15H23N5O10/c1-27-13(28-2)6-16-5-10(18(21)22)15-11(19(23)24)7-17(8-12(15)20(25)26)9-14(29-3)30-4/h5,7-8,13-16H,6,9H2,1-4H3/b10-5-. The highest BCUT2D eigenvalue weighted by molar-refractivity contribution is 5.26. The monoisotopic (exact) mass is 433 g/mol. The molecule has 1 rings (SSSR count). The number of rotatable bonds is 13. The summed E-state index contributed by atoms with van der Waals surface area (Å²) >= 11 is 0. The molecule has 0 unspecified atom stereocenters. The van der Waals surface area contributed by atoms with Gasteiger partial charge in [-0.15, -0.1) is 0 Å². The molecule has 1 aliphatic rings. The minimum absolute atomic E-state index is 0.0401. The Balaban J connectivity index is 3.36. The van der Waals surface area contributed by atoms with Gasteiger partial charge in [0, 0.05) is 28.4 Å². The molecule has 1 aliphatic heterocycles. The van der Waals surface area contributed by atoms with Crippen molar-refractivity contribution < 1.29 is 33.7 Å². The lowest BCUT2D eigenvalue weighted by Gasteiger charge is -2.25. The summed E-state index contributed by atoms with van der Waals surface area (Å²) in [7, 11) is 5.34. The van der Waals surface area contributed by atoms with Crippen LogP contribution in [0.25, 0.3) is 0 Å². The smallest absolute Gasteiger partial charge is 0.287 e. The molecule has 15 heteroatoms. The van der Waals surface area contributed by atoms with Crippen molar-refractivity contribution in [1.82, 2.24) is 10.2 Å². The minimum Gasteiger partial charge on any atom is -0.381 e. The van der Waals surface area contributed by atoms with E-state index in [1.807, 2.05) is 0 Å². The number of methoxy groups -OCH3 is 4. The maximum atomic E-state index is 11.6. The number of ether oxygens (including phenoxy) is 4. The Morgan fingerprint density at radius 2 is 1.47 bits per heavy atom. The number of hydrogen-bond acceptors (Lipinski definition) is 12. The SMILES string of the molecule is COC(CN/C=C(/C1C([N+](=O)[O-])=CN(CC(OC)OC)C=C1[N+](=O)[O-])[N+](=O)[O-])OC. The quantitative estimate of drug-likeness (QED) is 0.235. The molecule has 0 aromatic rings. The highest BCUT2D eigenvalue weighted by Gasteiger charge is 2.48. The molecule has 0 aromatic carbocycles. The van der Waals surface area contributed by atoms with E-state index in [4.69, 9.17) is 18.9 Å². The van der Waals surface area contributed by atoms with Crippen LogP contribution >= 0.6 is 0 Å². The molecule has 0 aliphatic carbocycles. The van der Waals surface area contributed by atoms with Crippen LogP contribution in [-0.4, -0.2) is 73.8 Å². The van der Waals surface area contributed by atoms with E-state index in [0.717, 1.165) is 23.5 Å². The first kappa shape index (κ1) is 24.9. The number of hydrogen-bond donors (Lipinski definition) is 1. The number of nitrogens with one attached hydrogen (secondary N) is 1. The average molecular weight is 433 g/mol. The van der Waals surface area contributed by atoms with E-state index in [0.29, 0.717) is 0 Å². The third-order valence-electron chi connectivity index (χ3n) is 4.06. The zero-order valence-corrected chi connectivity index (χ0v) is 16.7. The van der Waals surface area contributed by atoms with Gasteiger partial charge < -0.3 is 29.2 Å². The van der Waals surface area contributed by atoms with Crippen LogP contribution in [0.5, 0.6) is 0 Å². The van der Waals surface area contributed by atoms with Crippen molar-refractivity contribution in [2.45, 2.75) is 12.6 Å². The summed E-state index contributed by atoms with van der Waals surface area (Å²) in [6, 6.07) is 0. The Morgan fingerprint density at radius 1 is 1.00 bits per heavy atom. The minimum atomic E-state index is -1.83. The molecule has 1 heterocycles. The van der Waals surface area contributed by atoms with Gasteiger partial charge in [0.15, 0.2) is 12.6 Å². The second kappa shape index (κ2) is 11.8. The maximum absolute atomic E-state index is 11.6. The lowest BCUT2D eigenvalue weighted by molar-refractivity contribution is -0.484. The molecule has 1 N–H and O–H groups in total. The first-order chi connectivity index (χ1) is 14.2. The van der Waals surface area contributed by atoms with E-state index in [9.17, 15) is 30.3 Å². The summed E-state index contributed by atoms with van der Waals surface area (Å²) in [5.41, 5.74) is -2.30. The highest BCUT2D eigenvalue weighted by atomic mass is 16.7. The lowest BCUT2D eigenvalue weighted by atomic mass is 9.96. The fourth-order valence-electron chi connectivity index (χ4n) is 2.57. The Labute approximate surface area is 170 Å². The third-order valence-corrected chi connectivity index (χ3v) is 4.06. The molecule has 0 aromatic heterocycles. The van der Waals surface area contributed by atoms with Crippen LogP contribution in [0.3, 0.4) is 0 Å². The fraction of sp³-hybridized carbons (Fsp3) is 0.600. The van der Waals surface area contributed by atoms with Crippen molar-refractivity contribution in [2.24, 2.45) is 5.92 Å². The summed E-state index contributed by atoms with van der Waals surface area (Å²) in [5, 5.41) is 37.3. The number of nitro groups is 3. The van der Waals surface area contributed by atoms with E-state index in [2.05, 4.69) is 5.32 Å². The predicted molar refractivity (Wildman–Crippen MR) is 99.0 cm³/mol. The van der Waals surface area contributed by atoms with Crippen LogP contribution in [0.1, 0.15) is 0 Å². The molecule has 15 nitrogen and oxygen atoms in total. The van der Waals surface area contributed by atoms with Crippen LogP contribution < -0.4 is 5.32 Å². The summed E-state index contributed by atoms with van der Waals surface area (Å²) in [5.74, 6) is -1.83. The summed E-state index contributed by atoms with van der Waals surface area (Å²) in [6.07, 6.45) is 1.18. The van der Waals surface area contributed by atoms with Crippen molar-refractivity contribution in [1.29, 1.82) is 0 Å². The average Bonchev–Trinajstić information content (AvgIpc) is 2.71. The van der Waals surface area contributed by atoms with Crippen LogP contribution in [0, 0.1) is 36.3 Å². The van der Waals surface area contributed by atoms with Crippen LogP contribution in [0.4, 0.5) is 0 Å². The zero-order valence-electron chi connectivity index (χ0n) is 16.7. The van der Waals surface area contributed by atoms with Crippen molar-refractivity contribution >= 4 is 0 Å². The lowest BCUT2D eigenvalue weighted by Crippen LogP contribution is -2.36. The van der Waals surface area contributed by atoms with Crippen LogP contribution in [-0.2, 0) is 18.9 Å². The van der Waals surface area contributed by atoms with Crippen molar-refractivity contribution in [3.63, 3.8) is 0 Å². The van der Waals surface area contributed by atoms with E-state index < -0.39 is 50.4 Å². The Kier molecular flexibility index (Phi) is 9.76. The predicted octanol–water partition coefficient (Wildman–Crippen LogP) is 0.0999. The second-order valence-corrected chi connectivity index (χ2v) is 5.79. The van der Waals surface area contributed by atoms with Gasteiger partial charge in [-0.25, -0.2) is 0 Å². The summed E-state index contributed by atoms with van der Waals surface area (Å²) in [6.45, 7) is -0.158. The fourth-order valence-corrected chi connectivity index (χ4v) is 2.57. The Morgan fingerprint density at radius 3 is 1.83 bits per heavy atom. The van der Waals surface area contributed by atoms with E-state index in [-0.39, 0.29) is 13.1 Å². The third kappa shape index (κ3) is 6.45. The van der Waals surface area contributed by atoms with Crippen molar-refractivity contribution in [3.8, 4) is 0 Å². The van der Waals surface area contributed by atoms with Gasteiger partial charge in [0.05, 0.1) is 46.5 Å². The molecule has 0 saturated carbocycles. The molecule has 0 fully saturated rings. The normalized spacial score (nSPS) is 15.3. The van der Waals surface area contributed by atoms with Gasteiger partial charge in [0.25, 0.3) is 17.1 Å². The zero-order chi connectivity index (χ0) is 22.8.